The number of piperidine rings is 1. The van der Waals surface area contributed by atoms with Crippen molar-refractivity contribution in [2.24, 2.45) is 5.92 Å². The third-order valence-corrected chi connectivity index (χ3v) is 6.29. The van der Waals surface area contributed by atoms with Gasteiger partial charge in [0.05, 0.1) is 6.61 Å². The van der Waals surface area contributed by atoms with Crippen LogP contribution in [-0.4, -0.2) is 46.3 Å². The summed E-state index contributed by atoms with van der Waals surface area (Å²) in [4.78, 5) is 26.9. The molecule has 1 saturated heterocycles. The van der Waals surface area contributed by atoms with E-state index in [9.17, 15) is 9.59 Å². The summed E-state index contributed by atoms with van der Waals surface area (Å²) in [5, 5.41) is 3.83. The van der Waals surface area contributed by atoms with E-state index in [0.717, 1.165) is 37.3 Å². The number of hydrogen-bond donors (Lipinski definition) is 1. The van der Waals surface area contributed by atoms with Crippen molar-refractivity contribution >= 4 is 23.3 Å². The summed E-state index contributed by atoms with van der Waals surface area (Å²) in [7, 11) is 0. The van der Waals surface area contributed by atoms with Crippen LogP contribution in [0, 0.1) is 5.92 Å². The van der Waals surface area contributed by atoms with Crippen molar-refractivity contribution in [3.05, 3.63) is 70.1 Å². The van der Waals surface area contributed by atoms with Crippen molar-refractivity contribution in [3.8, 4) is 0 Å². The van der Waals surface area contributed by atoms with Gasteiger partial charge in [-0.05, 0) is 43.1 Å². The Hall–Kier alpha value is -2.67. The summed E-state index contributed by atoms with van der Waals surface area (Å²) in [6.07, 6.45) is 1.58. The molecule has 1 fully saturated rings. The predicted octanol–water partition coefficient (Wildman–Crippen LogP) is 2.32. The standard InChI is InChI=1S/C23H27N3O3S/c1-2-29-22(28)19(12-16-7-4-3-5-8-16)24-23(30)25-13-17-11-18(15-25)20-9-6-10-21(27)26(20)14-17/h3-10,17-19H,2,11-15H2,1H3,(H,24,30)/t17-,18-,19?/m0/s1. The zero-order chi connectivity index (χ0) is 21.1. The highest BCUT2D eigenvalue weighted by Gasteiger charge is 2.36. The number of rotatable bonds is 5. The molecule has 3 atom stereocenters. The van der Waals surface area contributed by atoms with Crippen LogP contribution >= 0.6 is 12.2 Å². The molecule has 2 aromatic rings. The van der Waals surface area contributed by atoms with E-state index < -0.39 is 6.04 Å². The Morgan fingerprint density at radius 2 is 1.97 bits per heavy atom. The number of nitrogens with zero attached hydrogens (tertiary/aromatic N) is 2. The van der Waals surface area contributed by atoms with Gasteiger partial charge in [0.1, 0.15) is 6.04 Å². The number of fused-ring (bicyclic) bond motifs is 4. The predicted molar refractivity (Wildman–Crippen MR) is 119 cm³/mol. The molecule has 0 spiro atoms. The third-order valence-electron chi connectivity index (χ3n) is 5.92. The van der Waals surface area contributed by atoms with Crippen molar-refractivity contribution < 1.29 is 9.53 Å². The van der Waals surface area contributed by atoms with Crippen LogP contribution in [0.25, 0.3) is 0 Å². The van der Waals surface area contributed by atoms with Crippen molar-refractivity contribution in [1.82, 2.24) is 14.8 Å². The zero-order valence-corrected chi connectivity index (χ0v) is 17.9. The normalized spacial score (nSPS) is 20.8. The second-order valence-electron chi connectivity index (χ2n) is 8.05. The quantitative estimate of drug-likeness (QED) is 0.586. The molecule has 4 rings (SSSR count). The average molecular weight is 426 g/mol. The summed E-state index contributed by atoms with van der Waals surface area (Å²) < 4.78 is 7.19. The molecule has 158 valence electrons. The summed E-state index contributed by atoms with van der Waals surface area (Å²) in [5.41, 5.74) is 2.20. The highest BCUT2D eigenvalue weighted by atomic mass is 32.1. The van der Waals surface area contributed by atoms with Crippen LogP contribution in [-0.2, 0) is 22.5 Å². The molecule has 1 aromatic heterocycles. The minimum atomic E-state index is -0.531. The molecule has 3 heterocycles. The van der Waals surface area contributed by atoms with Gasteiger partial charge in [-0.15, -0.1) is 0 Å². The van der Waals surface area contributed by atoms with Crippen LogP contribution in [0.3, 0.4) is 0 Å². The molecule has 0 aliphatic carbocycles. The van der Waals surface area contributed by atoms with Crippen molar-refractivity contribution in [2.75, 3.05) is 19.7 Å². The molecule has 0 amide bonds. The number of nitrogens with one attached hydrogen (secondary N) is 1. The Labute approximate surface area is 181 Å². The highest BCUT2D eigenvalue weighted by Crippen LogP contribution is 2.34. The van der Waals surface area contributed by atoms with Gasteiger partial charge in [-0.1, -0.05) is 36.4 Å². The van der Waals surface area contributed by atoms with E-state index in [4.69, 9.17) is 17.0 Å². The molecule has 6 nitrogen and oxygen atoms in total. The molecule has 1 N–H and O–H groups in total. The molecule has 2 bridgehead atoms. The number of hydrogen-bond acceptors (Lipinski definition) is 4. The maximum atomic E-state index is 12.6. The Balaban J connectivity index is 1.48. The third kappa shape index (κ3) is 4.41. The number of thiocarbonyl (C=S) groups is 1. The van der Waals surface area contributed by atoms with E-state index in [1.54, 1.807) is 13.0 Å². The molecule has 1 aromatic carbocycles. The Bertz CT molecular complexity index is 975. The Morgan fingerprint density at radius 1 is 1.17 bits per heavy atom. The fourth-order valence-electron chi connectivity index (χ4n) is 4.59. The molecule has 0 saturated carbocycles. The van der Waals surface area contributed by atoms with Crippen molar-refractivity contribution in [3.63, 3.8) is 0 Å². The van der Waals surface area contributed by atoms with Crippen LogP contribution in [0.2, 0.25) is 0 Å². The van der Waals surface area contributed by atoms with Gasteiger partial charge in [-0.25, -0.2) is 4.79 Å². The van der Waals surface area contributed by atoms with Gasteiger partial charge in [-0.2, -0.15) is 0 Å². The number of carbonyl (C=O) groups excluding carboxylic acids is 1. The average Bonchev–Trinajstić information content (AvgIpc) is 2.75. The first-order valence-electron chi connectivity index (χ1n) is 10.5. The van der Waals surface area contributed by atoms with E-state index in [2.05, 4.69) is 10.2 Å². The van der Waals surface area contributed by atoms with Gasteiger partial charge in [0.25, 0.3) is 5.56 Å². The van der Waals surface area contributed by atoms with Gasteiger partial charge in [0.15, 0.2) is 5.11 Å². The number of ether oxygens (including phenoxy) is 1. The van der Waals surface area contributed by atoms with E-state index in [1.807, 2.05) is 47.0 Å². The molecular formula is C23H27N3O3S. The smallest absolute Gasteiger partial charge is 0.328 e. The maximum absolute atomic E-state index is 12.6. The molecular weight excluding hydrogens is 398 g/mol. The first kappa shape index (κ1) is 20.6. The minimum Gasteiger partial charge on any atom is -0.464 e. The van der Waals surface area contributed by atoms with Gasteiger partial charge in [-0.3, -0.25) is 4.79 Å². The zero-order valence-electron chi connectivity index (χ0n) is 17.1. The number of benzene rings is 1. The highest BCUT2D eigenvalue weighted by molar-refractivity contribution is 7.80. The van der Waals surface area contributed by atoms with Gasteiger partial charge >= 0.3 is 5.97 Å². The number of aromatic nitrogens is 1. The van der Waals surface area contributed by atoms with Crippen LogP contribution in [0.15, 0.2) is 53.3 Å². The first-order valence-corrected chi connectivity index (χ1v) is 10.9. The molecule has 2 aliphatic heterocycles. The molecule has 7 heteroatoms. The summed E-state index contributed by atoms with van der Waals surface area (Å²) >= 11 is 5.71. The van der Waals surface area contributed by atoms with Gasteiger partial charge in [0, 0.05) is 43.7 Å². The van der Waals surface area contributed by atoms with Gasteiger partial charge < -0.3 is 19.5 Å². The minimum absolute atomic E-state index is 0.0709. The lowest BCUT2D eigenvalue weighted by Crippen LogP contribution is -2.55. The second-order valence-corrected chi connectivity index (χ2v) is 8.43. The SMILES string of the molecule is CCOC(=O)C(Cc1ccccc1)NC(=S)N1C[C@@H]2C[C@@H](C1)c1cccc(=O)n1C2. The molecule has 2 aliphatic rings. The molecule has 0 radical (unpaired) electrons. The van der Waals surface area contributed by atoms with Crippen molar-refractivity contribution in [2.45, 2.75) is 38.3 Å². The molecule has 1 unspecified atom stereocenters. The first-order chi connectivity index (χ1) is 14.5. The topological polar surface area (TPSA) is 63.6 Å². The van der Waals surface area contributed by atoms with E-state index in [-0.39, 0.29) is 17.4 Å². The fraction of sp³-hybridized carbons (Fsp3) is 0.435. The summed E-state index contributed by atoms with van der Waals surface area (Å²) in [6.45, 7) is 4.38. The fourth-order valence-corrected chi connectivity index (χ4v) is 4.88. The Morgan fingerprint density at radius 3 is 2.73 bits per heavy atom. The van der Waals surface area contributed by atoms with Crippen LogP contribution in [0.5, 0.6) is 0 Å². The number of esters is 1. The Kier molecular flexibility index (Phi) is 6.18. The second kappa shape index (κ2) is 9.00. The van der Waals surface area contributed by atoms with E-state index >= 15 is 0 Å². The summed E-state index contributed by atoms with van der Waals surface area (Å²) in [5.74, 6) is 0.338. The molecule has 30 heavy (non-hydrogen) atoms. The lowest BCUT2D eigenvalue weighted by atomic mass is 9.83. The lowest BCUT2D eigenvalue weighted by Gasteiger charge is -2.44. The maximum Gasteiger partial charge on any atom is 0.328 e. The summed E-state index contributed by atoms with van der Waals surface area (Å²) in [6, 6.07) is 14.8. The largest absolute Gasteiger partial charge is 0.464 e. The van der Waals surface area contributed by atoms with Crippen LogP contribution < -0.4 is 10.9 Å². The van der Waals surface area contributed by atoms with Crippen LogP contribution in [0.4, 0.5) is 0 Å². The van der Waals surface area contributed by atoms with E-state index in [0.29, 0.717) is 24.1 Å². The number of pyridine rings is 1. The lowest BCUT2D eigenvalue weighted by molar-refractivity contribution is -0.145. The number of carbonyl (C=O) groups is 1. The monoisotopic (exact) mass is 425 g/mol. The number of likely N-dealkylation sites (tertiary alicyclic amines) is 1. The van der Waals surface area contributed by atoms with Crippen LogP contribution in [0.1, 0.15) is 30.5 Å². The van der Waals surface area contributed by atoms with Crippen molar-refractivity contribution in [1.29, 1.82) is 0 Å². The van der Waals surface area contributed by atoms with E-state index in [1.165, 1.54) is 0 Å². The van der Waals surface area contributed by atoms with Gasteiger partial charge in [0.2, 0.25) is 0 Å².